The van der Waals surface area contributed by atoms with Crippen molar-refractivity contribution >= 4 is 23.3 Å². The van der Waals surface area contributed by atoms with Crippen LogP contribution in [0.4, 0.5) is 5.69 Å². The highest BCUT2D eigenvalue weighted by Gasteiger charge is 2.23. The maximum Gasteiger partial charge on any atom is 0.338 e. The normalized spacial score (nSPS) is 12.7. The molecule has 1 heterocycles. The SMILES string of the molecule is O=C(OCC(=O)N1CCCc2ccccc21)c1ccc(C(=O)c2ccccc2)cc1. The van der Waals surface area contributed by atoms with E-state index in [2.05, 4.69) is 0 Å². The van der Waals surface area contributed by atoms with Gasteiger partial charge in [0.25, 0.3) is 5.91 Å². The fraction of sp³-hybridized carbons (Fsp3) is 0.160. The average molecular weight is 399 g/mol. The number of benzene rings is 3. The number of esters is 1. The highest BCUT2D eigenvalue weighted by molar-refractivity contribution is 6.09. The number of para-hydroxylation sites is 1. The summed E-state index contributed by atoms with van der Waals surface area (Å²) in [6.07, 6.45) is 1.82. The summed E-state index contributed by atoms with van der Waals surface area (Å²) in [6.45, 7) is 0.293. The molecular formula is C25H21NO4. The molecule has 0 radical (unpaired) electrons. The van der Waals surface area contributed by atoms with Crippen molar-refractivity contribution in [2.75, 3.05) is 18.1 Å². The Bertz CT molecular complexity index is 1070. The first kappa shape index (κ1) is 19.6. The van der Waals surface area contributed by atoms with E-state index in [1.807, 2.05) is 30.3 Å². The van der Waals surface area contributed by atoms with E-state index in [1.165, 1.54) is 0 Å². The molecule has 0 atom stereocenters. The van der Waals surface area contributed by atoms with Gasteiger partial charge in [-0.25, -0.2) is 4.79 Å². The Balaban J connectivity index is 1.38. The van der Waals surface area contributed by atoms with Crippen LogP contribution < -0.4 is 4.90 Å². The topological polar surface area (TPSA) is 63.7 Å². The van der Waals surface area contributed by atoms with E-state index in [1.54, 1.807) is 53.4 Å². The van der Waals surface area contributed by atoms with Crippen LogP contribution in [-0.4, -0.2) is 30.8 Å². The van der Waals surface area contributed by atoms with Crippen molar-refractivity contribution in [3.63, 3.8) is 0 Å². The van der Waals surface area contributed by atoms with Crippen molar-refractivity contribution in [1.29, 1.82) is 0 Å². The molecule has 0 aromatic heterocycles. The van der Waals surface area contributed by atoms with Crippen molar-refractivity contribution in [2.45, 2.75) is 12.8 Å². The van der Waals surface area contributed by atoms with E-state index >= 15 is 0 Å². The molecular weight excluding hydrogens is 378 g/mol. The minimum atomic E-state index is -0.590. The third-order valence-corrected chi connectivity index (χ3v) is 5.16. The Labute approximate surface area is 174 Å². The number of ketones is 1. The second-order valence-corrected chi connectivity index (χ2v) is 7.13. The van der Waals surface area contributed by atoms with Gasteiger partial charge in [0.15, 0.2) is 12.4 Å². The van der Waals surface area contributed by atoms with Crippen LogP contribution in [0.3, 0.4) is 0 Å². The molecule has 0 saturated carbocycles. The lowest BCUT2D eigenvalue weighted by Gasteiger charge is -2.29. The molecule has 0 spiro atoms. The Kier molecular flexibility index (Phi) is 5.70. The first-order valence-electron chi connectivity index (χ1n) is 9.89. The lowest BCUT2D eigenvalue weighted by atomic mass is 10.0. The van der Waals surface area contributed by atoms with Crippen LogP contribution in [-0.2, 0) is 16.0 Å². The minimum absolute atomic E-state index is 0.116. The Morgan fingerprint density at radius 3 is 2.17 bits per heavy atom. The van der Waals surface area contributed by atoms with Crippen molar-refractivity contribution in [1.82, 2.24) is 0 Å². The van der Waals surface area contributed by atoms with Gasteiger partial charge >= 0.3 is 5.97 Å². The van der Waals surface area contributed by atoms with E-state index in [9.17, 15) is 14.4 Å². The Hall–Kier alpha value is -3.73. The fourth-order valence-electron chi connectivity index (χ4n) is 3.60. The van der Waals surface area contributed by atoms with E-state index in [0.717, 1.165) is 24.1 Å². The molecule has 0 fully saturated rings. The van der Waals surface area contributed by atoms with Crippen LogP contribution in [0.5, 0.6) is 0 Å². The summed E-state index contributed by atoms with van der Waals surface area (Å²) < 4.78 is 5.23. The smallest absolute Gasteiger partial charge is 0.338 e. The largest absolute Gasteiger partial charge is 0.452 e. The van der Waals surface area contributed by atoms with Gasteiger partial charge in [-0.15, -0.1) is 0 Å². The molecule has 0 aliphatic carbocycles. The summed E-state index contributed by atoms with van der Waals surface area (Å²) >= 11 is 0. The van der Waals surface area contributed by atoms with Crippen LogP contribution in [0.1, 0.15) is 38.3 Å². The number of hydrogen-bond acceptors (Lipinski definition) is 4. The predicted molar refractivity (Wildman–Crippen MR) is 114 cm³/mol. The highest BCUT2D eigenvalue weighted by Crippen LogP contribution is 2.26. The van der Waals surface area contributed by atoms with Gasteiger partial charge in [-0.1, -0.05) is 60.7 Å². The molecule has 0 saturated heterocycles. The molecule has 0 bridgehead atoms. The molecule has 3 aromatic carbocycles. The van der Waals surface area contributed by atoms with E-state index in [4.69, 9.17) is 4.74 Å². The number of anilines is 1. The van der Waals surface area contributed by atoms with Crippen molar-refractivity contribution in [3.8, 4) is 0 Å². The van der Waals surface area contributed by atoms with Gasteiger partial charge in [0, 0.05) is 23.4 Å². The number of carbonyl (C=O) groups is 3. The van der Waals surface area contributed by atoms with Crippen LogP contribution in [0.2, 0.25) is 0 Å². The molecule has 5 nitrogen and oxygen atoms in total. The monoisotopic (exact) mass is 399 g/mol. The van der Waals surface area contributed by atoms with Gasteiger partial charge < -0.3 is 9.64 Å². The fourth-order valence-corrected chi connectivity index (χ4v) is 3.60. The highest BCUT2D eigenvalue weighted by atomic mass is 16.5. The Morgan fingerprint density at radius 1 is 0.767 bits per heavy atom. The van der Waals surface area contributed by atoms with Crippen LogP contribution in [0.15, 0.2) is 78.9 Å². The van der Waals surface area contributed by atoms with E-state index < -0.39 is 5.97 Å². The lowest BCUT2D eigenvalue weighted by molar-refractivity contribution is -0.121. The van der Waals surface area contributed by atoms with E-state index in [0.29, 0.717) is 23.2 Å². The van der Waals surface area contributed by atoms with Crippen molar-refractivity contribution in [3.05, 3.63) is 101 Å². The molecule has 3 aromatic rings. The second kappa shape index (κ2) is 8.74. The number of hydrogen-bond donors (Lipinski definition) is 0. The molecule has 1 amide bonds. The van der Waals surface area contributed by atoms with Gasteiger partial charge in [0.1, 0.15) is 0 Å². The molecule has 0 unspecified atom stereocenters. The van der Waals surface area contributed by atoms with Crippen molar-refractivity contribution in [2.24, 2.45) is 0 Å². The van der Waals surface area contributed by atoms with Gasteiger partial charge in [0.2, 0.25) is 0 Å². The summed E-state index contributed by atoms with van der Waals surface area (Å²) in [5.41, 5.74) is 3.38. The van der Waals surface area contributed by atoms with Crippen molar-refractivity contribution < 1.29 is 19.1 Å². The molecule has 0 N–H and O–H groups in total. The van der Waals surface area contributed by atoms with Gasteiger partial charge in [-0.3, -0.25) is 9.59 Å². The van der Waals surface area contributed by atoms with Crippen LogP contribution in [0.25, 0.3) is 0 Å². The molecule has 150 valence electrons. The average Bonchev–Trinajstić information content (AvgIpc) is 2.82. The van der Waals surface area contributed by atoms with Gasteiger partial charge in [-0.05, 0) is 36.6 Å². The zero-order valence-electron chi connectivity index (χ0n) is 16.4. The number of ether oxygens (including phenoxy) is 1. The summed E-state index contributed by atoms with van der Waals surface area (Å²) in [5, 5.41) is 0. The molecule has 1 aliphatic heterocycles. The van der Waals surface area contributed by atoms with Gasteiger partial charge in [-0.2, -0.15) is 0 Å². The summed E-state index contributed by atoms with van der Waals surface area (Å²) in [5.74, 6) is -0.951. The van der Waals surface area contributed by atoms with Crippen LogP contribution >= 0.6 is 0 Å². The molecule has 5 heteroatoms. The maximum atomic E-state index is 12.6. The first-order chi connectivity index (χ1) is 14.6. The van der Waals surface area contributed by atoms with Crippen LogP contribution in [0, 0.1) is 0 Å². The summed E-state index contributed by atoms with van der Waals surface area (Å²) in [7, 11) is 0. The predicted octanol–water partition coefficient (Wildman–Crippen LogP) is 4.05. The number of carbonyl (C=O) groups excluding carboxylic acids is 3. The summed E-state index contributed by atoms with van der Waals surface area (Å²) in [6, 6.07) is 23.0. The minimum Gasteiger partial charge on any atom is -0.452 e. The zero-order valence-corrected chi connectivity index (χ0v) is 16.4. The zero-order chi connectivity index (χ0) is 20.9. The standard InChI is InChI=1S/C25H21NO4/c27-23(26-16-6-10-18-7-4-5-11-22(18)26)17-30-25(29)21-14-12-20(13-15-21)24(28)19-8-2-1-3-9-19/h1-5,7-9,11-15H,6,10,16-17H2. The number of nitrogens with zero attached hydrogens (tertiary/aromatic N) is 1. The maximum absolute atomic E-state index is 12.6. The Morgan fingerprint density at radius 2 is 1.40 bits per heavy atom. The van der Waals surface area contributed by atoms with E-state index in [-0.39, 0.29) is 18.3 Å². The molecule has 1 aliphatic rings. The third kappa shape index (κ3) is 4.15. The number of aryl methyl sites for hydroxylation is 1. The van der Waals surface area contributed by atoms with Gasteiger partial charge in [0.05, 0.1) is 5.56 Å². The quantitative estimate of drug-likeness (QED) is 0.480. The number of rotatable bonds is 5. The third-order valence-electron chi connectivity index (χ3n) is 5.16. The molecule has 4 rings (SSSR count). The summed E-state index contributed by atoms with van der Waals surface area (Å²) in [4.78, 5) is 39.1. The second-order valence-electron chi connectivity index (χ2n) is 7.13. The number of fused-ring (bicyclic) bond motifs is 1. The first-order valence-corrected chi connectivity index (χ1v) is 9.89. The lowest BCUT2D eigenvalue weighted by Crippen LogP contribution is -2.38. The molecule has 30 heavy (non-hydrogen) atoms. The number of amides is 1.